The molecule has 1 heterocycles. The molecule has 2 rings (SSSR count). The second-order valence-electron chi connectivity index (χ2n) is 4.48. The van der Waals surface area contributed by atoms with Crippen molar-refractivity contribution in [3.8, 4) is 5.75 Å². The largest absolute Gasteiger partial charge is 0.508 e. The van der Waals surface area contributed by atoms with Crippen LogP contribution in [0.3, 0.4) is 0 Å². The lowest BCUT2D eigenvalue weighted by molar-refractivity contribution is -0.118. The molecule has 0 saturated carbocycles. The molecule has 0 saturated heterocycles. The summed E-state index contributed by atoms with van der Waals surface area (Å²) in [5.74, 6) is -0.00537. The van der Waals surface area contributed by atoms with E-state index in [1.807, 2.05) is 0 Å². The van der Waals surface area contributed by atoms with Crippen LogP contribution < -0.4 is 5.32 Å². The normalized spacial score (nSPS) is 10.6. The lowest BCUT2D eigenvalue weighted by Crippen LogP contribution is -2.22. The topological polar surface area (TPSA) is 71.3 Å². The van der Waals surface area contributed by atoms with Gasteiger partial charge in [0.2, 0.25) is 11.8 Å². The zero-order chi connectivity index (χ0) is 14.0. The number of phenolic OH excluding ortho intramolecular Hbond substituents is 1. The highest BCUT2D eigenvalue weighted by atomic mass is 16.3. The number of nitrogens with one attached hydrogen (secondary N) is 1. The van der Waals surface area contributed by atoms with E-state index >= 15 is 0 Å². The molecule has 2 aromatic rings. The number of amides is 1. The van der Waals surface area contributed by atoms with Crippen LogP contribution in [0.2, 0.25) is 0 Å². The monoisotopic (exact) mass is 260 g/mol. The van der Waals surface area contributed by atoms with E-state index in [9.17, 15) is 14.7 Å². The Labute approximate surface area is 110 Å². The van der Waals surface area contributed by atoms with Crippen molar-refractivity contribution >= 4 is 22.7 Å². The molecule has 0 aliphatic carbocycles. The SMILES string of the molecule is CC(=O)NCCc1cn(C(C)=O)c2ccc(O)cc12. The third-order valence-corrected chi connectivity index (χ3v) is 2.98. The van der Waals surface area contributed by atoms with Crippen LogP contribution >= 0.6 is 0 Å². The molecule has 1 amide bonds. The van der Waals surface area contributed by atoms with Crippen molar-refractivity contribution in [2.24, 2.45) is 0 Å². The zero-order valence-corrected chi connectivity index (χ0v) is 10.9. The van der Waals surface area contributed by atoms with Crippen molar-refractivity contribution < 1.29 is 14.7 Å². The second-order valence-corrected chi connectivity index (χ2v) is 4.48. The van der Waals surface area contributed by atoms with Gasteiger partial charge in [-0.2, -0.15) is 0 Å². The summed E-state index contributed by atoms with van der Waals surface area (Å²) < 4.78 is 1.55. The average molecular weight is 260 g/mol. The summed E-state index contributed by atoms with van der Waals surface area (Å²) in [5, 5.41) is 13.1. The molecule has 0 fully saturated rings. The zero-order valence-electron chi connectivity index (χ0n) is 10.9. The molecule has 0 spiro atoms. The van der Waals surface area contributed by atoms with Gasteiger partial charge in [0.05, 0.1) is 5.52 Å². The van der Waals surface area contributed by atoms with Crippen LogP contribution in [0.25, 0.3) is 10.9 Å². The average Bonchev–Trinajstić information content (AvgIpc) is 2.67. The summed E-state index contributed by atoms with van der Waals surface area (Å²) in [4.78, 5) is 22.4. The number of carbonyl (C=O) groups is 2. The molecule has 0 aliphatic rings. The third kappa shape index (κ3) is 2.76. The minimum absolute atomic E-state index is 0.0820. The second kappa shape index (κ2) is 5.14. The summed E-state index contributed by atoms with van der Waals surface area (Å²) in [5.41, 5.74) is 1.69. The third-order valence-electron chi connectivity index (χ3n) is 2.98. The summed E-state index contributed by atoms with van der Waals surface area (Å²) >= 11 is 0. The standard InChI is InChI=1S/C14H16N2O3/c1-9(17)15-6-5-11-8-16(10(2)18)14-4-3-12(19)7-13(11)14/h3-4,7-8,19H,5-6H2,1-2H3,(H,15,17). The van der Waals surface area contributed by atoms with Crippen molar-refractivity contribution in [2.75, 3.05) is 6.54 Å². The van der Waals surface area contributed by atoms with Gasteiger partial charge in [-0.1, -0.05) is 0 Å². The summed E-state index contributed by atoms with van der Waals surface area (Å²) in [6.07, 6.45) is 2.37. The lowest BCUT2D eigenvalue weighted by atomic mass is 10.1. The fourth-order valence-electron chi connectivity index (χ4n) is 2.12. The minimum Gasteiger partial charge on any atom is -0.508 e. The number of fused-ring (bicyclic) bond motifs is 1. The van der Waals surface area contributed by atoms with E-state index in [0.29, 0.717) is 13.0 Å². The Bertz CT molecular complexity index is 643. The molecule has 19 heavy (non-hydrogen) atoms. The molecule has 100 valence electrons. The van der Waals surface area contributed by atoms with Crippen LogP contribution in [0.4, 0.5) is 0 Å². The molecule has 0 bridgehead atoms. The summed E-state index contributed by atoms with van der Waals surface area (Å²) in [6, 6.07) is 4.91. The maximum absolute atomic E-state index is 11.6. The molecule has 1 aromatic heterocycles. The van der Waals surface area contributed by atoms with Crippen molar-refractivity contribution in [1.82, 2.24) is 9.88 Å². The van der Waals surface area contributed by atoms with Crippen LogP contribution in [0.15, 0.2) is 24.4 Å². The molecular weight excluding hydrogens is 244 g/mol. The highest BCUT2D eigenvalue weighted by Crippen LogP contribution is 2.25. The van der Waals surface area contributed by atoms with Gasteiger partial charge in [-0.25, -0.2) is 0 Å². The van der Waals surface area contributed by atoms with Gasteiger partial charge < -0.3 is 10.4 Å². The highest BCUT2D eigenvalue weighted by Gasteiger charge is 2.11. The number of hydrogen-bond donors (Lipinski definition) is 2. The van der Waals surface area contributed by atoms with E-state index in [1.54, 1.807) is 29.0 Å². The molecule has 0 atom stereocenters. The lowest BCUT2D eigenvalue weighted by Gasteiger charge is -2.01. The van der Waals surface area contributed by atoms with Gasteiger partial charge in [-0.15, -0.1) is 0 Å². The molecule has 0 radical (unpaired) electrons. The fourth-order valence-corrected chi connectivity index (χ4v) is 2.12. The van der Waals surface area contributed by atoms with Crippen LogP contribution in [-0.4, -0.2) is 28.0 Å². The molecule has 0 aliphatic heterocycles. The van der Waals surface area contributed by atoms with Crippen LogP contribution in [-0.2, 0) is 11.2 Å². The van der Waals surface area contributed by atoms with E-state index in [0.717, 1.165) is 16.5 Å². The van der Waals surface area contributed by atoms with Gasteiger partial charge in [-0.05, 0) is 30.2 Å². The van der Waals surface area contributed by atoms with Crippen LogP contribution in [0.1, 0.15) is 24.2 Å². The molecule has 1 aromatic carbocycles. The number of benzene rings is 1. The fraction of sp³-hybridized carbons (Fsp3) is 0.286. The van der Waals surface area contributed by atoms with Crippen molar-refractivity contribution in [3.05, 3.63) is 30.0 Å². The number of carbonyl (C=O) groups excluding carboxylic acids is 2. The van der Waals surface area contributed by atoms with Gasteiger partial charge in [0.25, 0.3) is 0 Å². The molecule has 5 nitrogen and oxygen atoms in total. The molecular formula is C14H16N2O3. The van der Waals surface area contributed by atoms with Crippen molar-refractivity contribution in [1.29, 1.82) is 0 Å². The van der Waals surface area contributed by atoms with Gasteiger partial charge in [0, 0.05) is 32.0 Å². The van der Waals surface area contributed by atoms with Crippen LogP contribution in [0.5, 0.6) is 5.75 Å². The Kier molecular flexibility index (Phi) is 3.55. The Morgan fingerprint density at radius 2 is 2.05 bits per heavy atom. The molecule has 5 heteroatoms. The number of nitrogens with zero attached hydrogens (tertiary/aromatic N) is 1. The first-order chi connectivity index (χ1) is 8.99. The summed E-state index contributed by atoms with van der Waals surface area (Å²) in [7, 11) is 0. The predicted molar refractivity (Wildman–Crippen MR) is 72.3 cm³/mol. The first-order valence-corrected chi connectivity index (χ1v) is 6.07. The smallest absolute Gasteiger partial charge is 0.227 e. The predicted octanol–water partition coefficient (Wildman–Crippen LogP) is 1.69. The molecule has 0 unspecified atom stereocenters. The number of aromatic hydroxyl groups is 1. The minimum atomic E-state index is -0.0850. The Morgan fingerprint density at radius 3 is 2.68 bits per heavy atom. The van der Waals surface area contributed by atoms with E-state index < -0.39 is 0 Å². The van der Waals surface area contributed by atoms with Gasteiger partial charge >= 0.3 is 0 Å². The van der Waals surface area contributed by atoms with Gasteiger partial charge in [0.1, 0.15) is 5.75 Å². The first-order valence-electron chi connectivity index (χ1n) is 6.07. The summed E-state index contributed by atoms with van der Waals surface area (Å²) in [6.45, 7) is 3.45. The number of hydrogen-bond acceptors (Lipinski definition) is 3. The highest BCUT2D eigenvalue weighted by molar-refractivity contribution is 5.94. The number of aromatic nitrogens is 1. The number of phenols is 1. The van der Waals surface area contributed by atoms with Crippen molar-refractivity contribution in [2.45, 2.75) is 20.3 Å². The van der Waals surface area contributed by atoms with Crippen LogP contribution in [0, 0.1) is 0 Å². The van der Waals surface area contributed by atoms with E-state index in [2.05, 4.69) is 5.32 Å². The Balaban J connectivity index is 2.39. The van der Waals surface area contributed by atoms with E-state index in [4.69, 9.17) is 0 Å². The van der Waals surface area contributed by atoms with E-state index in [-0.39, 0.29) is 17.6 Å². The van der Waals surface area contributed by atoms with Crippen molar-refractivity contribution in [3.63, 3.8) is 0 Å². The van der Waals surface area contributed by atoms with Gasteiger partial charge in [-0.3, -0.25) is 14.2 Å². The maximum Gasteiger partial charge on any atom is 0.227 e. The van der Waals surface area contributed by atoms with E-state index in [1.165, 1.54) is 13.8 Å². The quantitative estimate of drug-likeness (QED) is 0.882. The number of rotatable bonds is 3. The Morgan fingerprint density at radius 1 is 1.32 bits per heavy atom. The first kappa shape index (κ1) is 13.1. The Hall–Kier alpha value is -2.30. The maximum atomic E-state index is 11.6. The van der Waals surface area contributed by atoms with Gasteiger partial charge in [0.15, 0.2) is 0 Å². The molecule has 2 N–H and O–H groups in total.